The quantitative estimate of drug-likeness (QED) is 0.740. The number of hydrogen-bond acceptors (Lipinski definition) is 5. The van der Waals surface area contributed by atoms with Crippen molar-refractivity contribution in [3.63, 3.8) is 0 Å². The molecule has 2 aliphatic heterocycles. The smallest absolute Gasteiger partial charge is 0.257 e. The Labute approximate surface area is 184 Å². The highest BCUT2D eigenvalue weighted by atomic mass is 16.5. The second-order valence-electron chi connectivity index (χ2n) is 9.20. The van der Waals surface area contributed by atoms with Crippen molar-refractivity contribution < 1.29 is 9.53 Å². The second kappa shape index (κ2) is 9.01. The zero-order valence-electron chi connectivity index (χ0n) is 18.4. The van der Waals surface area contributed by atoms with Gasteiger partial charge >= 0.3 is 0 Å². The highest BCUT2D eigenvalue weighted by molar-refractivity contribution is 5.93. The zero-order valence-corrected chi connectivity index (χ0v) is 18.4. The van der Waals surface area contributed by atoms with E-state index in [0.29, 0.717) is 11.7 Å². The van der Waals surface area contributed by atoms with Gasteiger partial charge in [-0.2, -0.15) is 5.10 Å². The van der Waals surface area contributed by atoms with Gasteiger partial charge < -0.3 is 19.4 Å². The number of piperidine rings is 1. The van der Waals surface area contributed by atoms with Crippen LogP contribution in [0.1, 0.15) is 42.5 Å². The van der Waals surface area contributed by atoms with E-state index in [9.17, 15) is 4.79 Å². The minimum Gasteiger partial charge on any atom is -0.490 e. The van der Waals surface area contributed by atoms with E-state index in [-0.39, 0.29) is 5.91 Å². The van der Waals surface area contributed by atoms with Crippen molar-refractivity contribution in [1.82, 2.24) is 24.5 Å². The number of likely N-dealkylation sites (N-methyl/N-ethyl adjacent to an activating group) is 1. The van der Waals surface area contributed by atoms with Crippen LogP contribution >= 0.6 is 0 Å². The number of carbonyl (C=O) groups is 1. The third-order valence-electron chi connectivity index (χ3n) is 7.09. The van der Waals surface area contributed by atoms with E-state index in [1.807, 2.05) is 35.4 Å². The van der Waals surface area contributed by atoms with Crippen LogP contribution in [0.3, 0.4) is 0 Å². The monoisotopic (exact) mass is 423 g/mol. The van der Waals surface area contributed by atoms with Crippen molar-refractivity contribution in [2.24, 2.45) is 0 Å². The van der Waals surface area contributed by atoms with Crippen LogP contribution in [-0.2, 0) is 0 Å². The lowest BCUT2D eigenvalue weighted by Crippen LogP contribution is -2.47. The standard InChI is InChI=1S/C24H33N5O2/c1-26-13-15-28(16-14-26)24(30)19-17-25-29(18-19)21-5-7-22(8-6-21)31-23-9-11-27(12-10-23)20-3-2-4-20/h5-8,17-18,20,23H,2-4,9-16H2,1H3. The minimum absolute atomic E-state index is 0.0625. The van der Waals surface area contributed by atoms with Gasteiger partial charge in [-0.3, -0.25) is 4.79 Å². The van der Waals surface area contributed by atoms with E-state index >= 15 is 0 Å². The summed E-state index contributed by atoms with van der Waals surface area (Å²) in [4.78, 5) is 19.5. The van der Waals surface area contributed by atoms with Crippen LogP contribution < -0.4 is 4.74 Å². The summed E-state index contributed by atoms with van der Waals surface area (Å²) >= 11 is 0. The number of aromatic nitrogens is 2. The molecule has 2 aromatic rings. The number of carbonyl (C=O) groups excluding carboxylic acids is 1. The average molecular weight is 424 g/mol. The van der Waals surface area contributed by atoms with Crippen LogP contribution in [0.25, 0.3) is 5.69 Å². The first-order valence-electron chi connectivity index (χ1n) is 11.7. The van der Waals surface area contributed by atoms with Crippen LogP contribution in [0.2, 0.25) is 0 Å². The van der Waals surface area contributed by atoms with Crippen molar-refractivity contribution in [2.45, 2.75) is 44.2 Å². The van der Waals surface area contributed by atoms with E-state index in [0.717, 1.165) is 69.6 Å². The van der Waals surface area contributed by atoms with Gasteiger partial charge in [0.25, 0.3) is 5.91 Å². The molecule has 0 spiro atoms. The van der Waals surface area contributed by atoms with Crippen LogP contribution in [0.4, 0.5) is 0 Å². The number of benzene rings is 1. The SMILES string of the molecule is CN1CCN(C(=O)c2cnn(-c3ccc(OC4CCN(C5CCC5)CC4)cc3)c2)CC1. The largest absolute Gasteiger partial charge is 0.490 e. The van der Waals surface area contributed by atoms with Gasteiger partial charge in [0.15, 0.2) is 0 Å². The fourth-order valence-electron chi connectivity index (χ4n) is 4.75. The van der Waals surface area contributed by atoms with E-state index in [4.69, 9.17) is 4.74 Å². The van der Waals surface area contributed by atoms with E-state index in [1.165, 1.54) is 19.3 Å². The summed E-state index contributed by atoms with van der Waals surface area (Å²) in [6.45, 7) is 5.69. The molecule has 5 rings (SSSR count). The summed E-state index contributed by atoms with van der Waals surface area (Å²) < 4.78 is 8.00. The molecule has 166 valence electrons. The highest BCUT2D eigenvalue weighted by Crippen LogP contribution is 2.28. The number of amides is 1. The molecule has 3 fully saturated rings. The molecule has 1 aliphatic carbocycles. The summed E-state index contributed by atoms with van der Waals surface area (Å²) in [7, 11) is 2.09. The van der Waals surface area contributed by atoms with Crippen molar-refractivity contribution in [1.29, 1.82) is 0 Å². The maximum atomic E-state index is 12.7. The molecular formula is C24H33N5O2. The Hall–Kier alpha value is -2.38. The van der Waals surface area contributed by atoms with Crippen LogP contribution in [0.15, 0.2) is 36.7 Å². The van der Waals surface area contributed by atoms with Crippen LogP contribution in [0.5, 0.6) is 5.75 Å². The Morgan fingerprint density at radius 3 is 2.32 bits per heavy atom. The molecule has 1 aromatic carbocycles. The fraction of sp³-hybridized carbons (Fsp3) is 0.583. The third kappa shape index (κ3) is 4.62. The van der Waals surface area contributed by atoms with Gasteiger partial charge in [-0.15, -0.1) is 0 Å². The van der Waals surface area contributed by atoms with E-state index in [1.54, 1.807) is 10.9 Å². The van der Waals surface area contributed by atoms with Crippen molar-refractivity contribution in [3.8, 4) is 11.4 Å². The summed E-state index contributed by atoms with van der Waals surface area (Å²) in [5, 5.41) is 4.41. The molecule has 3 heterocycles. The summed E-state index contributed by atoms with van der Waals surface area (Å²) in [5.41, 5.74) is 1.58. The molecule has 0 bridgehead atoms. The van der Waals surface area contributed by atoms with Crippen molar-refractivity contribution in [2.75, 3.05) is 46.3 Å². The topological polar surface area (TPSA) is 53.8 Å². The number of rotatable bonds is 5. The molecule has 7 heteroatoms. The highest BCUT2D eigenvalue weighted by Gasteiger charge is 2.29. The van der Waals surface area contributed by atoms with Gasteiger partial charge in [0.05, 0.1) is 17.4 Å². The zero-order chi connectivity index (χ0) is 21.2. The lowest BCUT2D eigenvalue weighted by molar-refractivity contribution is 0.0493. The van der Waals surface area contributed by atoms with Gasteiger partial charge in [-0.25, -0.2) is 4.68 Å². The van der Waals surface area contributed by atoms with Gasteiger partial charge in [-0.05, 0) is 57.0 Å². The molecular weight excluding hydrogens is 390 g/mol. The molecule has 31 heavy (non-hydrogen) atoms. The molecule has 7 nitrogen and oxygen atoms in total. The molecule has 1 amide bonds. The number of ether oxygens (including phenoxy) is 1. The Morgan fingerprint density at radius 1 is 0.968 bits per heavy atom. The first kappa shape index (κ1) is 20.5. The van der Waals surface area contributed by atoms with Gasteiger partial charge in [0, 0.05) is 51.5 Å². The Kier molecular flexibility index (Phi) is 5.96. The summed E-state index contributed by atoms with van der Waals surface area (Å²) in [6, 6.07) is 8.88. The van der Waals surface area contributed by atoms with Crippen LogP contribution in [0, 0.1) is 0 Å². The van der Waals surface area contributed by atoms with Crippen molar-refractivity contribution in [3.05, 3.63) is 42.2 Å². The summed E-state index contributed by atoms with van der Waals surface area (Å²) in [5.74, 6) is 0.972. The van der Waals surface area contributed by atoms with Crippen LogP contribution in [-0.4, -0.2) is 88.8 Å². The maximum Gasteiger partial charge on any atom is 0.257 e. The predicted octanol–water partition coefficient (Wildman–Crippen LogP) is 2.66. The maximum absolute atomic E-state index is 12.7. The minimum atomic E-state index is 0.0625. The molecule has 1 aromatic heterocycles. The summed E-state index contributed by atoms with van der Waals surface area (Å²) in [6.07, 6.45) is 10.2. The number of piperazine rings is 1. The number of nitrogens with zero attached hydrogens (tertiary/aromatic N) is 5. The molecule has 0 atom stereocenters. The van der Waals surface area contributed by atoms with Crippen molar-refractivity contribution >= 4 is 5.91 Å². The lowest BCUT2D eigenvalue weighted by atomic mass is 9.90. The molecule has 3 aliphatic rings. The fourth-order valence-corrected chi connectivity index (χ4v) is 4.75. The Morgan fingerprint density at radius 2 is 1.68 bits per heavy atom. The Balaban J connectivity index is 1.15. The van der Waals surface area contributed by atoms with E-state index in [2.05, 4.69) is 21.9 Å². The predicted molar refractivity (Wildman–Crippen MR) is 120 cm³/mol. The number of likely N-dealkylation sites (tertiary alicyclic amines) is 1. The normalized spacial score (nSPS) is 21.8. The van der Waals surface area contributed by atoms with Gasteiger partial charge in [0.2, 0.25) is 0 Å². The third-order valence-corrected chi connectivity index (χ3v) is 7.09. The second-order valence-corrected chi connectivity index (χ2v) is 9.20. The Bertz CT molecular complexity index is 876. The van der Waals surface area contributed by atoms with Gasteiger partial charge in [-0.1, -0.05) is 6.42 Å². The first-order chi connectivity index (χ1) is 15.2. The number of hydrogen-bond donors (Lipinski definition) is 0. The first-order valence-corrected chi connectivity index (χ1v) is 11.7. The molecule has 1 saturated carbocycles. The molecule has 0 radical (unpaired) electrons. The molecule has 2 saturated heterocycles. The molecule has 0 N–H and O–H groups in total. The van der Waals surface area contributed by atoms with E-state index < -0.39 is 0 Å². The van der Waals surface area contributed by atoms with Gasteiger partial charge in [0.1, 0.15) is 11.9 Å². The molecule has 0 unspecified atom stereocenters. The lowest BCUT2D eigenvalue weighted by Gasteiger charge is -2.41. The average Bonchev–Trinajstić information content (AvgIpc) is 3.25.